The third-order valence-electron chi connectivity index (χ3n) is 3.94. The van der Waals surface area contributed by atoms with Crippen LogP contribution in [-0.4, -0.2) is 29.8 Å². The van der Waals surface area contributed by atoms with E-state index >= 15 is 0 Å². The molecule has 1 N–H and O–H groups in total. The van der Waals surface area contributed by atoms with Gasteiger partial charge in [0.1, 0.15) is 0 Å². The zero-order chi connectivity index (χ0) is 17.1. The van der Waals surface area contributed by atoms with Gasteiger partial charge in [0.25, 0.3) is 11.8 Å². The lowest BCUT2D eigenvalue weighted by molar-refractivity contribution is 0.0792. The number of nitrogens with zero attached hydrogens (tertiary/aromatic N) is 1. The molecule has 0 aliphatic carbocycles. The highest BCUT2D eigenvalue weighted by Crippen LogP contribution is 2.23. The van der Waals surface area contributed by atoms with Gasteiger partial charge in [0, 0.05) is 29.9 Å². The van der Waals surface area contributed by atoms with Gasteiger partial charge < -0.3 is 10.2 Å². The van der Waals surface area contributed by atoms with Gasteiger partial charge in [-0.25, -0.2) is 0 Å². The van der Waals surface area contributed by atoms with Crippen LogP contribution < -0.4 is 5.32 Å². The van der Waals surface area contributed by atoms with Crippen molar-refractivity contribution in [3.63, 3.8) is 0 Å². The number of amides is 2. The van der Waals surface area contributed by atoms with Crippen LogP contribution in [0.4, 0.5) is 5.69 Å². The fourth-order valence-corrected chi connectivity index (χ4v) is 2.97. The molecule has 4 nitrogen and oxygen atoms in total. The molecule has 24 heavy (non-hydrogen) atoms. The molecule has 0 radical (unpaired) electrons. The van der Waals surface area contributed by atoms with Crippen molar-refractivity contribution in [1.29, 1.82) is 0 Å². The summed E-state index contributed by atoms with van der Waals surface area (Å²) in [4.78, 5) is 26.6. The third-order valence-corrected chi connectivity index (χ3v) is 4.68. The number of nitrogens with one attached hydrogen (secondary N) is 1. The van der Waals surface area contributed by atoms with Crippen LogP contribution in [0.25, 0.3) is 0 Å². The molecule has 1 heterocycles. The molecule has 1 saturated heterocycles. The Balaban J connectivity index is 1.75. The average Bonchev–Trinajstić information content (AvgIpc) is 3.11. The van der Waals surface area contributed by atoms with Gasteiger partial charge in [0.2, 0.25) is 0 Å². The first kappa shape index (κ1) is 16.8. The van der Waals surface area contributed by atoms with Crippen LogP contribution in [0.1, 0.15) is 33.6 Å². The molecule has 1 aliphatic rings. The monoisotopic (exact) mass is 362 g/mol. The number of hydrogen-bond acceptors (Lipinski definition) is 2. The average molecular weight is 363 g/mol. The molecule has 0 aromatic heterocycles. The van der Waals surface area contributed by atoms with Crippen molar-refractivity contribution < 1.29 is 9.59 Å². The maximum Gasteiger partial charge on any atom is 0.255 e. The molecule has 6 heteroatoms. The second-order valence-corrected chi connectivity index (χ2v) is 6.48. The van der Waals surface area contributed by atoms with Gasteiger partial charge in [0.05, 0.1) is 10.0 Å². The van der Waals surface area contributed by atoms with Gasteiger partial charge in [-0.3, -0.25) is 9.59 Å². The topological polar surface area (TPSA) is 49.4 Å². The fourth-order valence-electron chi connectivity index (χ4n) is 2.67. The Hall–Kier alpha value is -2.04. The van der Waals surface area contributed by atoms with Crippen LogP contribution in [0, 0.1) is 0 Å². The zero-order valence-electron chi connectivity index (χ0n) is 12.9. The first-order chi connectivity index (χ1) is 11.5. The van der Waals surface area contributed by atoms with Crippen LogP contribution in [-0.2, 0) is 0 Å². The van der Waals surface area contributed by atoms with Gasteiger partial charge >= 0.3 is 0 Å². The molecule has 2 amide bonds. The van der Waals surface area contributed by atoms with E-state index in [1.807, 2.05) is 4.90 Å². The first-order valence-corrected chi connectivity index (χ1v) is 8.46. The Labute approximate surface area is 150 Å². The van der Waals surface area contributed by atoms with E-state index in [4.69, 9.17) is 23.2 Å². The maximum atomic E-state index is 12.4. The van der Waals surface area contributed by atoms with Crippen molar-refractivity contribution in [3.05, 3.63) is 63.6 Å². The van der Waals surface area contributed by atoms with E-state index in [-0.39, 0.29) is 11.8 Å². The standard InChI is InChI=1S/C18H16Cl2N2O2/c19-15-7-6-12(11-16(15)20)17(23)21-14-5-3-4-13(10-14)18(24)22-8-1-2-9-22/h3-7,10-11H,1-2,8-9H2,(H,21,23). The number of anilines is 1. The Morgan fingerprint density at radius 1 is 0.917 bits per heavy atom. The largest absolute Gasteiger partial charge is 0.339 e. The molecule has 0 spiro atoms. The lowest BCUT2D eigenvalue weighted by Crippen LogP contribution is -2.27. The first-order valence-electron chi connectivity index (χ1n) is 7.70. The minimum absolute atomic E-state index is 0.00173. The molecule has 0 atom stereocenters. The summed E-state index contributed by atoms with van der Waals surface area (Å²) in [5, 5.41) is 3.50. The predicted octanol–water partition coefficient (Wildman–Crippen LogP) is 4.48. The Bertz CT molecular complexity index is 786. The summed E-state index contributed by atoms with van der Waals surface area (Å²) < 4.78 is 0. The quantitative estimate of drug-likeness (QED) is 0.874. The number of benzene rings is 2. The highest BCUT2D eigenvalue weighted by Gasteiger charge is 2.19. The number of halogens is 2. The minimum Gasteiger partial charge on any atom is -0.339 e. The molecule has 2 aromatic rings. The summed E-state index contributed by atoms with van der Waals surface area (Å²) >= 11 is 11.8. The molecule has 1 aliphatic heterocycles. The molecule has 3 rings (SSSR count). The van der Waals surface area contributed by atoms with Crippen molar-refractivity contribution in [2.24, 2.45) is 0 Å². The molecule has 0 saturated carbocycles. The zero-order valence-corrected chi connectivity index (χ0v) is 14.4. The molecule has 1 fully saturated rings. The van der Waals surface area contributed by atoms with Crippen molar-refractivity contribution in [2.75, 3.05) is 18.4 Å². The van der Waals surface area contributed by atoms with Crippen molar-refractivity contribution in [2.45, 2.75) is 12.8 Å². The van der Waals surface area contributed by atoms with Crippen LogP contribution in [0.5, 0.6) is 0 Å². The van der Waals surface area contributed by atoms with Crippen molar-refractivity contribution >= 4 is 40.7 Å². The van der Waals surface area contributed by atoms with Gasteiger partial charge in [-0.15, -0.1) is 0 Å². The highest BCUT2D eigenvalue weighted by molar-refractivity contribution is 6.42. The molecule has 0 unspecified atom stereocenters. The van der Waals surface area contributed by atoms with Gasteiger partial charge in [-0.05, 0) is 49.2 Å². The van der Waals surface area contributed by atoms with E-state index in [1.54, 1.807) is 36.4 Å². The van der Waals surface area contributed by atoms with E-state index < -0.39 is 0 Å². The predicted molar refractivity (Wildman–Crippen MR) is 96.0 cm³/mol. The summed E-state index contributed by atoms with van der Waals surface area (Å²) in [5.41, 5.74) is 1.54. The van der Waals surface area contributed by atoms with Gasteiger partial charge in [0.15, 0.2) is 0 Å². The minimum atomic E-state index is -0.306. The second-order valence-electron chi connectivity index (χ2n) is 5.66. The number of hydrogen-bond donors (Lipinski definition) is 1. The van der Waals surface area contributed by atoms with Crippen LogP contribution in [0.15, 0.2) is 42.5 Å². The smallest absolute Gasteiger partial charge is 0.255 e. The molecule has 2 aromatic carbocycles. The summed E-state index contributed by atoms with van der Waals surface area (Å²) in [6, 6.07) is 11.6. The van der Waals surface area contributed by atoms with E-state index in [2.05, 4.69) is 5.32 Å². The van der Waals surface area contributed by atoms with Crippen molar-refractivity contribution in [1.82, 2.24) is 4.90 Å². The highest BCUT2D eigenvalue weighted by atomic mass is 35.5. The fraction of sp³-hybridized carbons (Fsp3) is 0.222. The Morgan fingerprint density at radius 3 is 2.38 bits per heavy atom. The second kappa shape index (κ2) is 7.24. The molecular formula is C18H16Cl2N2O2. The summed E-state index contributed by atoms with van der Waals surface area (Å²) in [6.45, 7) is 1.58. The van der Waals surface area contributed by atoms with Crippen LogP contribution in [0.3, 0.4) is 0 Å². The van der Waals surface area contributed by atoms with Crippen LogP contribution in [0.2, 0.25) is 10.0 Å². The number of likely N-dealkylation sites (tertiary alicyclic amines) is 1. The lowest BCUT2D eigenvalue weighted by atomic mass is 10.1. The van der Waals surface area contributed by atoms with Crippen LogP contribution >= 0.6 is 23.2 Å². The van der Waals surface area contributed by atoms with Crippen molar-refractivity contribution in [3.8, 4) is 0 Å². The SMILES string of the molecule is O=C(Nc1cccc(C(=O)N2CCCC2)c1)c1ccc(Cl)c(Cl)c1. The normalized spacial score (nSPS) is 13.8. The molecule has 0 bridgehead atoms. The van der Waals surface area contributed by atoms with Gasteiger partial charge in [-0.2, -0.15) is 0 Å². The van der Waals surface area contributed by atoms with E-state index in [0.717, 1.165) is 25.9 Å². The summed E-state index contributed by atoms with van der Waals surface area (Å²) in [7, 11) is 0. The van der Waals surface area contributed by atoms with E-state index in [0.29, 0.717) is 26.9 Å². The Morgan fingerprint density at radius 2 is 1.67 bits per heavy atom. The van der Waals surface area contributed by atoms with E-state index in [9.17, 15) is 9.59 Å². The molecular weight excluding hydrogens is 347 g/mol. The summed E-state index contributed by atoms with van der Waals surface area (Å²) in [5.74, 6) is -0.308. The number of rotatable bonds is 3. The summed E-state index contributed by atoms with van der Waals surface area (Å²) in [6.07, 6.45) is 2.08. The number of carbonyl (C=O) groups is 2. The number of carbonyl (C=O) groups excluding carboxylic acids is 2. The Kier molecular flexibility index (Phi) is 5.07. The third kappa shape index (κ3) is 3.71. The molecule has 124 valence electrons. The maximum absolute atomic E-state index is 12.4. The van der Waals surface area contributed by atoms with E-state index in [1.165, 1.54) is 6.07 Å². The van der Waals surface area contributed by atoms with Gasteiger partial charge in [-0.1, -0.05) is 29.3 Å². The lowest BCUT2D eigenvalue weighted by Gasteiger charge is -2.15.